The summed E-state index contributed by atoms with van der Waals surface area (Å²) in [6.07, 6.45) is 4.36. The third kappa shape index (κ3) is 4.47. The molecular weight excluding hydrogens is 194 g/mol. The van der Waals surface area contributed by atoms with E-state index in [0.29, 0.717) is 19.2 Å². The van der Waals surface area contributed by atoms with E-state index in [4.69, 9.17) is 9.47 Å². The van der Waals surface area contributed by atoms with Crippen LogP contribution in [0.3, 0.4) is 0 Å². The molecule has 0 radical (unpaired) electrons. The van der Waals surface area contributed by atoms with Gasteiger partial charge in [-0.25, -0.2) is 0 Å². The zero-order chi connectivity index (χ0) is 10.5. The fraction of sp³-hybridized carbons (Fsp3) is 1.00. The Bertz CT molecular complexity index is 179. The van der Waals surface area contributed by atoms with Crippen molar-refractivity contribution in [2.24, 2.45) is 0 Å². The Balaban J connectivity index is 1.50. The molecule has 1 heterocycles. The van der Waals surface area contributed by atoms with Crippen LogP contribution in [0.1, 0.15) is 25.7 Å². The van der Waals surface area contributed by atoms with Crippen LogP contribution < -0.4 is 5.32 Å². The predicted octanol–water partition coefficient (Wildman–Crippen LogP) is 0.295. The van der Waals surface area contributed by atoms with Gasteiger partial charge in [0.05, 0.1) is 18.8 Å². The minimum atomic E-state index is -0.367. The molecule has 15 heavy (non-hydrogen) atoms. The summed E-state index contributed by atoms with van der Waals surface area (Å²) in [5.74, 6) is 0. The van der Waals surface area contributed by atoms with Gasteiger partial charge in [0.15, 0.2) is 0 Å². The quantitative estimate of drug-likeness (QED) is 0.669. The Hall–Kier alpha value is -0.160. The molecule has 2 rings (SSSR count). The Morgan fingerprint density at radius 2 is 2.00 bits per heavy atom. The van der Waals surface area contributed by atoms with E-state index in [1.54, 1.807) is 0 Å². The van der Waals surface area contributed by atoms with Crippen LogP contribution in [0.25, 0.3) is 0 Å². The lowest BCUT2D eigenvalue weighted by molar-refractivity contribution is -0.0585. The topological polar surface area (TPSA) is 50.7 Å². The number of rotatable bonds is 6. The Morgan fingerprint density at radius 1 is 1.27 bits per heavy atom. The maximum Gasteiger partial charge on any atom is 0.0897 e. The van der Waals surface area contributed by atoms with Crippen LogP contribution >= 0.6 is 0 Å². The molecule has 0 aromatic heterocycles. The molecule has 0 amide bonds. The average Bonchev–Trinajstić information content (AvgIpc) is 3.09. The third-order valence-corrected chi connectivity index (χ3v) is 2.91. The van der Waals surface area contributed by atoms with Crippen molar-refractivity contribution in [3.8, 4) is 0 Å². The van der Waals surface area contributed by atoms with Gasteiger partial charge in [0.2, 0.25) is 0 Å². The highest BCUT2D eigenvalue weighted by atomic mass is 16.5. The number of aliphatic hydroxyl groups excluding tert-OH is 1. The van der Waals surface area contributed by atoms with Crippen LogP contribution in [0, 0.1) is 0 Å². The second-order valence-corrected chi connectivity index (χ2v) is 4.48. The van der Waals surface area contributed by atoms with Crippen LogP contribution in [-0.4, -0.2) is 49.7 Å². The first-order chi connectivity index (χ1) is 7.34. The Morgan fingerprint density at radius 3 is 2.67 bits per heavy atom. The minimum Gasteiger partial charge on any atom is -0.389 e. The highest BCUT2D eigenvalue weighted by Crippen LogP contribution is 2.18. The van der Waals surface area contributed by atoms with E-state index in [-0.39, 0.29) is 12.2 Å². The van der Waals surface area contributed by atoms with Gasteiger partial charge >= 0.3 is 0 Å². The van der Waals surface area contributed by atoms with Gasteiger partial charge in [0.25, 0.3) is 0 Å². The summed E-state index contributed by atoms with van der Waals surface area (Å²) < 4.78 is 10.9. The molecular formula is C11H21NO3. The lowest BCUT2D eigenvalue weighted by atomic mass is 10.1. The van der Waals surface area contributed by atoms with Gasteiger partial charge in [-0.05, 0) is 25.7 Å². The van der Waals surface area contributed by atoms with Gasteiger partial charge in [0.1, 0.15) is 0 Å². The molecule has 1 aliphatic heterocycles. The largest absolute Gasteiger partial charge is 0.389 e. The molecule has 2 aliphatic rings. The van der Waals surface area contributed by atoms with Gasteiger partial charge in [-0.3, -0.25) is 0 Å². The Kier molecular flexibility index (Phi) is 4.38. The van der Waals surface area contributed by atoms with Gasteiger partial charge in [0, 0.05) is 25.8 Å². The molecule has 1 unspecified atom stereocenters. The fourth-order valence-corrected chi connectivity index (χ4v) is 1.74. The second-order valence-electron chi connectivity index (χ2n) is 4.48. The third-order valence-electron chi connectivity index (χ3n) is 2.91. The van der Waals surface area contributed by atoms with Crippen LogP contribution in [0.2, 0.25) is 0 Å². The molecule has 1 saturated heterocycles. The molecule has 1 saturated carbocycles. The monoisotopic (exact) mass is 215 g/mol. The van der Waals surface area contributed by atoms with Gasteiger partial charge < -0.3 is 19.9 Å². The first-order valence-electron chi connectivity index (χ1n) is 5.95. The molecule has 88 valence electrons. The van der Waals surface area contributed by atoms with Crippen LogP contribution in [-0.2, 0) is 9.47 Å². The van der Waals surface area contributed by atoms with Crippen LogP contribution in [0.5, 0.6) is 0 Å². The smallest absolute Gasteiger partial charge is 0.0897 e. The highest BCUT2D eigenvalue weighted by molar-refractivity contribution is 4.81. The van der Waals surface area contributed by atoms with E-state index in [1.807, 2.05) is 0 Å². The summed E-state index contributed by atoms with van der Waals surface area (Å²) in [6.45, 7) is 2.69. The lowest BCUT2D eigenvalue weighted by Gasteiger charge is -2.23. The molecule has 2 fully saturated rings. The normalized spacial score (nSPS) is 25.4. The predicted molar refractivity (Wildman–Crippen MR) is 56.8 cm³/mol. The zero-order valence-electron chi connectivity index (χ0n) is 9.15. The summed E-state index contributed by atoms with van der Waals surface area (Å²) >= 11 is 0. The second kappa shape index (κ2) is 5.80. The standard InChI is InChI=1S/C11H21NO3/c13-10(7-12-9-1-2-9)8-15-11-3-5-14-6-4-11/h9-13H,1-8H2. The summed E-state index contributed by atoms with van der Waals surface area (Å²) in [5.41, 5.74) is 0. The molecule has 0 aromatic carbocycles. The number of nitrogens with one attached hydrogen (secondary N) is 1. The van der Waals surface area contributed by atoms with Crippen molar-refractivity contribution in [1.82, 2.24) is 5.32 Å². The van der Waals surface area contributed by atoms with E-state index in [1.165, 1.54) is 12.8 Å². The molecule has 2 N–H and O–H groups in total. The highest BCUT2D eigenvalue weighted by Gasteiger charge is 2.22. The summed E-state index contributed by atoms with van der Waals surface area (Å²) in [6, 6.07) is 0.655. The number of ether oxygens (including phenoxy) is 2. The molecule has 4 heteroatoms. The van der Waals surface area contributed by atoms with E-state index >= 15 is 0 Å². The van der Waals surface area contributed by atoms with Crippen molar-refractivity contribution in [3.63, 3.8) is 0 Å². The maximum absolute atomic E-state index is 9.64. The van der Waals surface area contributed by atoms with Gasteiger partial charge in [-0.15, -0.1) is 0 Å². The summed E-state index contributed by atoms with van der Waals surface area (Å²) in [4.78, 5) is 0. The van der Waals surface area contributed by atoms with E-state index < -0.39 is 0 Å². The first-order valence-corrected chi connectivity index (χ1v) is 5.95. The van der Waals surface area contributed by atoms with Crippen molar-refractivity contribution < 1.29 is 14.6 Å². The first kappa shape index (κ1) is 11.3. The molecule has 0 bridgehead atoms. The summed E-state index contributed by atoms with van der Waals surface area (Å²) in [7, 11) is 0. The molecule has 0 spiro atoms. The van der Waals surface area contributed by atoms with Crippen molar-refractivity contribution in [3.05, 3.63) is 0 Å². The fourth-order valence-electron chi connectivity index (χ4n) is 1.74. The number of hydrogen-bond donors (Lipinski definition) is 2. The SMILES string of the molecule is OC(CNC1CC1)COC1CCOCC1. The number of aliphatic hydroxyl groups is 1. The van der Waals surface area contributed by atoms with Crippen LogP contribution in [0.15, 0.2) is 0 Å². The molecule has 0 aromatic rings. The van der Waals surface area contributed by atoms with E-state index in [0.717, 1.165) is 26.1 Å². The zero-order valence-corrected chi connectivity index (χ0v) is 9.15. The van der Waals surface area contributed by atoms with Crippen LogP contribution in [0.4, 0.5) is 0 Å². The van der Waals surface area contributed by atoms with Crippen molar-refractivity contribution in [1.29, 1.82) is 0 Å². The minimum absolute atomic E-state index is 0.286. The van der Waals surface area contributed by atoms with Crippen molar-refractivity contribution in [2.45, 2.75) is 43.9 Å². The maximum atomic E-state index is 9.64. The lowest BCUT2D eigenvalue weighted by Crippen LogP contribution is -2.34. The number of hydrogen-bond acceptors (Lipinski definition) is 4. The average molecular weight is 215 g/mol. The molecule has 4 nitrogen and oxygen atoms in total. The van der Waals surface area contributed by atoms with Crippen molar-refractivity contribution in [2.75, 3.05) is 26.4 Å². The van der Waals surface area contributed by atoms with E-state index in [2.05, 4.69) is 5.32 Å². The Labute approximate surface area is 90.9 Å². The van der Waals surface area contributed by atoms with E-state index in [9.17, 15) is 5.11 Å². The van der Waals surface area contributed by atoms with Gasteiger partial charge in [-0.1, -0.05) is 0 Å². The summed E-state index contributed by atoms with van der Waals surface area (Å²) in [5, 5.41) is 12.9. The van der Waals surface area contributed by atoms with Crippen molar-refractivity contribution >= 4 is 0 Å². The molecule has 1 atom stereocenters. The van der Waals surface area contributed by atoms with Gasteiger partial charge in [-0.2, -0.15) is 0 Å². The molecule has 1 aliphatic carbocycles.